The first-order valence-corrected chi connectivity index (χ1v) is 12.1. The monoisotopic (exact) mass is 472 g/mol. The van der Waals surface area contributed by atoms with E-state index in [1.807, 2.05) is 32.0 Å². The molecule has 0 aromatic heterocycles. The van der Waals surface area contributed by atoms with Crippen LogP contribution in [-0.4, -0.2) is 57.5 Å². The minimum Gasteiger partial charge on any atom is -0.452 e. The van der Waals surface area contributed by atoms with Gasteiger partial charge in [0.1, 0.15) is 0 Å². The van der Waals surface area contributed by atoms with Crippen molar-refractivity contribution in [2.75, 3.05) is 38.2 Å². The van der Waals surface area contributed by atoms with Gasteiger partial charge in [0.25, 0.3) is 5.91 Å². The summed E-state index contributed by atoms with van der Waals surface area (Å²) in [5, 5.41) is 2.76. The van der Waals surface area contributed by atoms with E-state index in [0.717, 1.165) is 5.56 Å². The molecule has 0 spiro atoms. The summed E-state index contributed by atoms with van der Waals surface area (Å²) in [5.41, 5.74) is 2.32. The number of benzene rings is 2. The SMILES string of the molecule is CC(C)c1ccccc1NC(=O)COC(=O)/C=C/c1ccc(S(=O)(=O)N2CCOCC2)cc1. The molecule has 33 heavy (non-hydrogen) atoms. The van der Waals surface area contributed by atoms with E-state index in [2.05, 4.69) is 5.32 Å². The topological polar surface area (TPSA) is 102 Å². The van der Waals surface area contributed by atoms with Gasteiger partial charge in [-0.3, -0.25) is 4.79 Å². The minimum atomic E-state index is -3.57. The van der Waals surface area contributed by atoms with Crippen LogP contribution in [0, 0.1) is 0 Å². The highest BCUT2D eigenvalue weighted by atomic mass is 32.2. The average molecular weight is 473 g/mol. The summed E-state index contributed by atoms with van der Waals surface area (Å²) in [5.74, 6) is -0.864. The predicted molar refractivity (Wildman–Crippen MR) is 125 cm³/mol. The molecule has 3 rings (SSSR count). The predicted octanol–water partition coefficient (Wildman–Crippen LogP) is 3.03. The standard InChI is InChI=1S/C24H28N2O6S/c1-18(2)21-5-3-4-6-22(21)25-23(27)17-32-24(28)12-9-19-7-10-20(11-8-19)33(29,30)26-13-15-31-16-14-26/h3-12,18H,13-17H2,1-2H3,(H,25,27)/b12-9+. The van der Waals surface area contributed by atoms with E-state index in [1.165, 1.54) is 28.6 Å². The molecule has 0 saturated carbocycles. The fourth-order valence-corrected chi connectivity index (χ4v) is 4.74. The lowest BCUT2D eigenvalue weighted by molar-refractivity contribution is -0.142. The summed E-state index contributed by atoms with van der Waals surface area (Å²) >= 11 is 0. The van der Waals surface area contributed by atoms with Crippen molar-refractivity contribution in [2.45, 2.75) is 24.7 Å². The number of carbonyl (C=O) groups excluding carboxylic acids is 2. The highest BCUT2D eigenvalue weighted by Crippen LogP contribution is 2.23. The Kier molecular flexibility index (Phi) is 8.37. The second-order valence-corrected chi connectivity index (χ2v) is 9.75. The highest BCUT2D eigenvalue weighted by Gasteiger charge is 2.25. The van der Waals surface area contributed by atoms with Gasteiger partial charge in [-0.05, 0) is 41.3 Å². The highest BCUT2D eigenvalue weighted by molar-refractivity contribution is 7.89. The number of morpholine rings is 1. The van der Waals surface area contributed by atoms with Crippen LogP contribution in [0.3, 0.4) is 0 Å². The molecular weight excluding hydrogens is 444 g/mol. The normalized spacial score (nSPS) is 15.0. The summed E-state index contributed by atoms with van der Waals surface area (Å²) in [4.78, 5) is 24.3. The van der Waals surface area contributed by atoms with Gasteiger partial charge in [0.05, 0.1) is 18.1 Å². The molecule has 1 amide bonds. The Bertz CT molecular complexity index is 1100. The minimum absolute atomic E-state index is 0.183. The largest absolute Gasteiger partial charge is 0.452 e. The van der Waals surface area contributed by atoms with Crippen LogP contribution in [0.4, 0.5) is 5.69 Å². The van der Waals surface area contributed by atoms with Crippen molar-refractivity contribution in [3.63, 3.8) is 0 Å². The van der Waals surface area contributed by atoms with Crippen molar-refractivity contribution in [1.29, 1.82) is 0 Å². The first-order chi connectivity index (χ1) is 15.8. The number of nitrogens with one attached hydrogen (secondary N) is 1. The van der Waals surface area contributed by atoms with Gasteiger partial charge in [0.15, 0.2) is 6.61 Å². The third-order valence-corrected chi connectivity index (χ3v) is 7.02. The van der Waals surface area contributed by atoms with E-state index < -0.39 is 28.5 Å². The van der Waals surface area contributed by atoms with Gasteiger partial charge in [0, 0.05) is 24.9 Å². The summed E-state index contributed by atoms with van der Waals surface area (Å²) in [6.07, 6.45) is 2.69. The van der Waals surface area contributed by atoms with Gasteiger partial charge in [-0.2, -0.15) is 4.31 Å². The molecule has 1 heterocycles. The van der Waals surface area contributed by atoms with Crippen molar-refractivity contribution >= 4 is 33.7 Å². The molecule has 2 aromatic carbocycles. The second-order valence-electron chi connectivity index (χ2n) is 7.82. The molecule has 0 atom stereocenters. The Morgan fingerprint density at radius 1 is 1.09 bits per heavy atom. The van der Waals surface area contributed by atoms with Crippen molar-refractivity contribution in [3.8, 4) is 0 Å². The van der Waals surface area contributed by atoms with Crippen molar-refractivity contribution in [1.82, 2.24) is 4.31 Å². The molecule has 8 nitrogen and oxygen atoms in total. The molecule has 1 aliphatic heterocycles. The van der Waals surface area contributed by atoms with Gasteiger partial charge in [-0.25, -0.2) is 13.2 Å². The molecule has 0 unspecified atom stereocenters. The van der Waals surface area contributed by atoms with Gasteiger partial charge in [-0.1, -0.05) is 44.2 Å². The van der Waals surface area contributed by atoms with Crippen LogP contribution in [0.15, 0.2) is 59.5 Å². The van der Waals surface area contributed by atoms with E-state index in [4.69, 9.17) is 9.47 Å². The number of esters is 1. The van der Waals surface area contributed by atoms with Crippen LogP contribution >= 0.6 is 0 Å². The molecule has 9 heteroatoms. The number of ether oxygens (including phenoxy) is 2. The van der Waals surface area contributed by atoms with Crippen LogP contribution in [0.1, 0.15) is 30.9 Å². The number of amides is 1. The van der Waals surface area contributed by atoms with E-state index >= 15 is 0 Å². The molecule has 176 valence electrons. The molecule has 0 bridgehead atoms. The summed E-state index contributed by atoms with van der Waals surface area (Å²) < 4.78 is 36.9. The lowest BCUT2D eigenvalue weighted by Gasteiger charge is -2.26. The molecule has 0 radical (unpaired) electrons. The number of rotatable bonds is 8. The van der Waals surface area contributed by atoms with Gasteiger partial charge in [-0.15, -0.1) is 0 Å². The Morgan fingerprint density at radius 2 is 1.76 bits per heavy atom. The molecule has 2 aromatic rings. The number of para-hydroxylation sites is 1. The van der Waals surface area contributed by atoms with E-state index in [1.54, 1.807) is 18.2 Å². The number of nitrogens with zero attached hydrogens (tertiary/aromatic N) is 1. The Balaban J connectivity index is 1.52. The van der Waals surface area contributed by atoms with Crippen LogP contribution in [0.2, 0.25) is 0 Å². The maximum atomic E-state index is 12.6. The molecule has 1 N–H and O–H groups in total. The Morgan fingerprint density at radius 3 is 2.42 bits per heavy atom. The number of hydrogen-bond acceptors (Lipinski definition) is 6. The fourth-order valence-electron chi connectivity index (χ4n) is 3.34. The lowest BCUT2D eigenvalue weighted by Crippen LogP contribution is -2.40. The summed E-state index contributed by atoms with van der Waals surface area (Å²) in [6, 6.07) is 13.7. The van der Waals surface area contributed by atoms with Crippen molar-refractivity contribution in [3.05, 3.63) is 65.7 Å². The molecular formula is C24H28N2O6S. The molecule has 1 fully saturated rings. The van der Waals surface area contributed by atoms with Crippen LogP contribution in [0.25, 0.3) is 6.08 Å². The van der Waals surface area contributed by atoms with Crippen LogP contribution < -0.4 is 5.32 Å². The number of hydrogen-bond donors (Lipinski definition) is 1. The number of carbonyl (C=O) groups is 2. The molecule has 1 aliphatic rings. The zero-order valence-electron chi connectivity index (χ0n) is 18.7. The number of anilines is 1. The van der Waals surface area contributed by atoms with Gasteiger partial charge < -0.3 is 14.8 Å². The Labute approximate surface area is 194 Å². The van der Waals surface area contributed by atoms with Crippen molar-refractivity contribution < 1.29 is 27.5 Å². The maximum absolute atomic E-state index is 12.6. The molecule has 1 saturated heterocycles. The first kappa shape index (κ1) is 24.6. The number of sulfonamides is 1. The second kappa shape index (κ2) is 11.2. The summed E-state index contributed by atoms with van der Waals surface area (Å²) in [6.45, 7) is 5.06. The Hall–Kier alpha value is -3.01. The van der Waals surface area contributed by atoms with E-state index in [-0.39, 0.29) is 10.8 Å². The van der Waals surface area contributed by atoms with Crippen molar-refractivity contribution in [2.24, 2.45) is 0 Å². The molecule has 0 aliphatic carbocycles. The van der Waals surface area contributed by atoms with Crippen LogP contribution in [-0.2, 0) is 29.1 Å². The zero-order chi connectivity index (χ0) is 23.8. The fraction of sp³-hybridized carbons (Fsp3) is 0.333. The smallest absolute Gasteiger partial charge is 0.331 e. The quantitative estimate of drug-likeness (QED) is 0.468. The third-order valence-electron chi connectivity index (χ3n) is 5.10. The van der Waals surface area contributed by atoms with Gasteiger partial charge >= 0.3 is 5.97 Å². The summed E-state index contributed by atoms with van der Waals surface area (Å²) in [7, 11) is -3.57. The van der Waals surface area contributed by atoms with Gasteiger partial charge in [0.2, 0.25) is 10.0 Å². The lowest BCUT2D eigenvalue weighted by atomic mass is 10.0. The maximum Gasteiger partial charge on any atom is 0.331 e. The zero-order valence-corrected chi connectivity index (χ0v) is 19.5. The third kappa shape index (κ3) is 6.74. The van der Waals surface area contributed by atoms with Crippen LogP contribution in [0.5, 0.6) is 0 Å². The average Bonchev–Trinajstić information content (AvgIpc) is 2.82. The first-order valence-electron chi connectivity index (χ1n) is 10.7. The van der Waals surface area contributed by atoms with E-state index in [0.29, 0.717) is 37.6 Å². The van der Waals surface area contributed by atoms with E-state index in [9.17, 15) is 18.0 Å².